The maximum atomic E-state index is 12.5. The zero-order valence-electron chi connectivity index (χ0n) is 12.6. The number of halogens is 3. The van der Waals surface area contributed by atoms with Gasteiger partial charge in [0.1, 0.15) is 12.0 Å². The summed E-state index contributed by atoms with van der Waals surface area (Å²) in [7, 11) is 1.90. The Morgan fingerprint density at radius 3 is 2.82 bits per heavy atom. The van der Waals surface area contributed by atoms with Crippen LogP contribution in [0.1, 0.15) is 18.2 Å². The number of ether oxygens (including phenoxy) is 1. The maximum Gasteiger partial charge on any atom is 0.419 e. The summed E-state index contributed by atoms with van der Waals surface area (Å²) in [6.07, 6.45) is -3.70. The van der Waals surface area contributed by atoms with Gasteiger partial charge in [-0.05, 0) is 20.0 Å². The van der Waals surface area contributed by atoms with Crippen LogP contribution in [0.5, 0.6) is 0 Å². The minimum atomic E-state index is -4.40. The molecular weight excluding hydrogens is 301 g/mol. The van der Waals surface area contributed by atoms with Gasteiger partial charge in [0.25, 0.3) is 0 Å². The van der Waals surface area contributed by atoms with Crippen LogP contribution in [0, 0.1) is 0 Å². The third-order valence-electron chi connectivity index (χ3n) is 4.17. The Labute approximate surface area is 127 Å². The first-order valence-corrected chi connectivity index (χ1v) is 7.05. The number of alkyl halides is 3. The van der Waals surface area contributed by atoms with Gasteiger partial charge in [-0.15, -0.1) is 0 Å². The number of aliphatic hydroxyl groups excluding tert-OH is 1. The largest absolute Gasteiger partial charge is 0.467 e. The topological polar surface area (TPSA) is 57.9 Å². The van der Waals surface area contributed by atoms with Crippen LogP contribution in [0.2, 0.25) is 0 Å². The summed E-state index contributed by atoms with van der Waals surface area (Å²) >= 11 is 0. The number of aliphatic hydroxyl groups is 1. The molecule has 0 bridgehead atoms. The second kappa shape index (κ2) is 6.57. The molecule has 22 heavy (non-hydrogen) atoms. The maximum absolute atomic E-state index is 12.5. The summed E-state index contributed by atoms with van der Waals surface area (Å²) < 4.78 is 47.9. The van der Waals surface area contributed by atoms with Crippen LogP contribution in [0.15, 0.2) is 16.7 Å². The molecule has 0 radical (unpaired) electrons. The van der Waals surface area contributed by atoms with E-state index in [1.807, 2.05) is 18.9 Å². The molecule has 2 N–H and O–H groups in total. The van der Waals surface area contributed by atoms with Crippen molar-refractivity contribution in [2.24, 2.45) is 0 Å². The van der Waals surface area contributed by atoms with Crippen LogP contribution < -0.4 is 5.32 Å². The second-order valence-corrected chi connectivity index (χ2v) is 5.76. The lowest BCUT2D eigenvalue weighted by Crippen LogP contribution is -2.65. The molecular formula is C14H21F3N2O3. The molecule has 0 unspecified atom stereocenters. The van der Waals surface area contributed by atoms with E-state index in [0.29, 0.717) is 26.0 Å². The summed E-state index contributed by atoms with van der Waals surface area (Å²) in [5.41, 5.74) is -1.38. The Balaban J connectivity index is 1.93. The Morgan fingerprint density at radius 1 is 1.50 bits per heavy atom. The molecule has 0 amide bonds. The fraction of sp³-hybridized carbons (Fsp3) is 0.714. The number of rotatable bonds is 5. The van der Waals surface area contributed by atoms with Crippen molar-refractivity contribution in [3.8, 4) is 0 Å². The highest BCUT2D eigenvalue weighted by Gasteiger charge is 2.40. The lowest BCUT2D eigenvalue weighted by atomic mass is 9.96. The van der Waals surface area contributed by atoms with Gasteiger partial charge >= 0.3 is 6.18 Å². The van der Waals surface area contributed by atoms with Crippen LogP contribution in [0.4, 0.5) is 13.2 Å². The summed E-state index contributed by atoms with van der Waals surface area (Å²) in [4.78, 5) is 2.03. The van der Waals surface area contributed by atoms with Crippen molar-refractivity contribution in [3.05, 3.63) is 23.7 Å². The van der Waals surface area contributed by atoms with Gasteiger partial charge in [-0.25, -0.2) is 0 Å². The van der Waals surface area contributed by atoms with E-state index < -0.39 is 17.3 Å². The molecule has 0 aromatic carbocycles. The average Bonchev–Trinajstić information content (AvgIpc) is 2.92. The SMILES string of the molecule is C[C@@H]1COC[C@@](CO)(CNCc2cc(C(F)(F)F)co2)N1C. The Bertz CT molecular complexity index is 492. The normalized spacial score (nSPS) is 27.3. The first kappa shape index (κ1) is 17.3. The van der Waals surface area contributed by atoms with Crippen LogP contribution >= 0.6 is 0 Å². The van der Waals surface area contributed by atoms with Gasteiger partial charge in [-0.1, -0.05) is 0 Å². The van der Waals surface area contributed by atoms with Gasteiger partial charge in [0.05, 0.1) is 37.5 Å². The van der Waals surface area contributed by atoms with Gasteiger partial charge in [0, 0.05) is 12.6 Å². The number of hydrogen-bond acceptors (Lipinski definition) is 5. The molecule has 2 heterocycles. The van der Waals surface area contributed by atoms with Crippen LogP contribution in [0.3, 0.4) is 0 Å². The summed E-state index contributed by atoms with van der Waals surface area (Å²) in [6, 6.07) is 1.13. The fourth-order valence-electron chi connectivity index (χ4n) is 2.53. The van der Waals surface area contributed by atoms with Crippen LogP contribution in [0.25, 0.3) is 0 Å². The highest BCUT2D eigenvalue weighted by Crippen LogP contribution is 2.30. The first-order chi connectivity index (χ1) is 10.3. The number of furan rings is 1. The standard InChI is InChI=1S/C14H21F3N2O3/c1-10-5-21-9-13(8-20,19(10)2)7-18-4-12-3-11(6-22-12)14(15,16)17/h3,6,10,18,20H,4-5,7-9H2,1-2H3/t10-,13+/m1/s1. The van der Waals surface area contributed by atoms with Crippen molar-refractivity contribution < 1.29 is 27.4 Å². The lowest BCUT2D eigenvalue weighted by Gasteiger charge is -2.47. The zero-order chi connectivity index (χ0) is 16.4. The molecule has 1 aliphatic rings. The third-order valence-corrected chi connectivity index (χ3v) is 4.17. The van der Waals surface area contributed by atoms with E-state index in [-0.39, 0.29) is 25.0 Å². The average molecular weight is 322 g/mol. The van der Waals surface area contributed by atoms with Crippen LogP contribution in [-0.2, 0) is 17.5 Å². The van der Waals surface area contributed by atoms with Gasteiger partial charge in [-0.2, -0.15) is 13.2 Å². The minimum absolute atomic E-state index is 0.104. The molecule has 1 aromatic rings. The van der Waals surface area contributed by atoms with E-state index in [9.17, 15) is 18.3 Å². The van der Waals surface area contributed by atoms with E-state index in [0.717, 1.165) is 6.07 Å². The minimum Gasteiger partial charge on any atom is -0.467 e. The Morgan fingerprint density at radius 2 is 2.23 bits per heavy atom. The van der Waals surface area contributed by atoms with Crippen molar-refractivity contribution in [1.29, 1.82) is 0 Å². The van der Waals surface area contributed by atoms with Crippen molar-refractivity contribution in [1.82, 2.24) is 10.2 Å². The van der Waals surface area contributed by atoms with E-state index in [2.05, 4.69) is 5.32 Å². The summed E-state index contributed by atoms with van der Waals surface area (Å²) in [5.74, 6) is 0.202. The molecule has 2 rings (SSSR count). The van der Waals surface area contributed by atoms with E-state index in [1.54, 1.807) is 0 Å². The van der Waals surface area contributed by atoms with Gasteiger partial charge < -0.3 is 19.6 Å². The van der Waals surface area contributed by atoms with Crippen molar-refractivity contribution in [2.45, 2.75) is 31.2 Å². The van der Waals surface area contributed by atoms with Gasteiger partial charge in [-0.3, -0.25) is 4.90 Å². The molecule has 0 spiro atoms. The predicted molar refractivity (Wildman–Crippen MR) is 73.3 cm³/mol. The number of nitrogens with one attached hydrogen (secondary N) is 1. The van der Waals surface area contributed by atoms with Crippen molar-refractivity contribution in [3.63, 3.8) is 0 Å². The van der Waals surface area contributed by atoms with Crippen molar-refractivity contribution in [2.75, 3.05) is 33.4 Å². The fourth-order valence-corrected chi connectivity index (χ4v) is 2.53. The summed E-state index contributed by atoms with van der Waals surface area (Å²) in [6.45, 7) is 3.37. The molecule has 126 valence electrons. The molecule has 1 saturated heterocycles. The summed E-state index contributed by atoms with van der Waals surface area (Å²) in [5, 5.41) is 12.7. The molecule has 0 aliphatic carbocycles. The Hall–Kier alpha value is -1.09. The van der Waals surface area contributed by atoms with E-state index >= 15 is 0 Å². The van der Waals surface area contributed by atoms with Crippen LogP contribution in [-0.4, -0.2) is 55.0 Å². The van der Waals surface area contributed by atoms with E-state index in [4.69, 9.17) is 9.15 Å². The first-order valence-electron chi connectivity index (χ1n) is 7.05. The molecule has 0 saturated carbocycles. The van der Waals surface area contributed by atoms with Gasteiger partial charge in [0.15, 0.2) is 0 Å². The van der Waals surface area contributed by atoms with E-state index in [1.165, 1.54) is 0 Å². The predicted octanol–water partition coefficient (Wildman–Crippen LogP) is 1.47. The zero-order valence-corrected chi connectivity index (χ0v) is 12.6. The third kappa shape index (κ3) is 3.62. The Kier molecular flexibility index (Phi) is 5.16. The highest BCUT2D eigenvalue weighted by molar-refractivity contribution is 5.16. The second-order valence-electron chi connectivity index (χ2n) is 5.76. The smallest absolute Gasteiger partial charge is 0.419 e. The number of likely N-dealkylation sites (N-methyl/N-ethyl adjacent to an activating group) is 1. The molecule has 1 aromatic heterocycles. The molecule has 8 heteroatoms. The number of nitrogens with zero attached hydrogens (tertiary/aromatic N) is 1. The monoisotopic (exact) mass is 322 g/mol. The van der Waals surface area contributed by atoms with Gasteiger partial charge in [0.2, 0.25) is 0 Å². The molecule has 1 aliphatic heterocycles. The lowest BCUT2D eigenvalue weighted by molar-refractivity contribution is -0.137. The quantitative estimate of drug-likeness (QED) is 0.860. The molecule has 5 nitrogen and oxygen atoms in total. The molecule has 1 fully saturated rings. The number of morpholine rings is 1. The number of hydrogen-bond donors (Lipinski definition) is 2. The molecule has 2 atom stereocenters. The van der Waals surface area contributed by atoms with Crippen molar-refractivity contribution >= 4 is 0 Å². The highest BCUT2D eigenvalue weighted by atomic mass is 19.4.